The zero-order chi connectivity index (χ0) is 25.1. The van der Waals surface area contributed by atoms with E-state index in [0.717, 1.165) is 37.8 Å². The van der Waals surface area contributed by atoms with E-state index >= 15 is 0 Å². The van der Waals surface area contributed by atoms with E-state index in [0.29, 0.717) is 12.1 Å². The summed E-state index contributed by atoms with van der Waals surface area (Å²) in [6.07, 6.45) is -7.49. The summed E-state index contributed by atoms with van der Waals surface area (Å²) in [4.78, 5) is 0. The highest BCUT2D eigenvalue weighted by molar-refractivity contribution is 6.78. The topological polar surface area (TPSA) is 20.2 Å². The molecule has 0 bridgehead atoms. The van der Waals surface area contributed by atoms with Gasteiger partial charge in [-0.3, -0.25) is 0 Å². The van der Waals surface area contributed by atoms with Crippen LogP contribution in [-0.4, -0.2) is 49.0 Å². The molecular weight excluding hydrogens is 483 g/mol. The highest BCUT2D eigenvalue weighted by Gasteiger charge is 2.93. The van der Waals surface area contributed by atoms with E-state index in [9.17, 15) is 62.2 Å². The van der Waals surface area contributed by atoms with Crippen molar-refractivity contribution in [2.45, 2.75) is 60.7 Å². The lowest BCUT2D eigenvalue weighted by Gasteiger charge is -2.49. The molecule has 0 aromatic heterocycles. The van der Waals surface area contributed by atoms with Gasteiger partial charge in [0.05, 0.1) is 8.07 Å². The summed E-state index contributed by atoms with van der Waals surface area (Å²) in [7, 11) is -4.28. The smallest absolute Gasteiger partial charge is 0.382 e. The molecule has 0 spiro atoms. The third-order valence-electron chi connectivity index (χ3n) is 4.66. The fraction of sp³-hybridized carbons (Fsp3) is 0.625. The van der Waals surface area contributed by atoms with Crippen molar-refractivity contribution in [3.63, 3.8) is 0 Å². The average Bonchev–Trinajstić information content (AvgIpc) is 2.58. The molecular formula is C16H15F13OSi. The SMILES string of the molecule is C[Si](C)(C)C(O)(c1ccccc1)C(F)(F)C(F)(F)C(F)(F)C(F)(F)C(F)(F)C(F)(F)F. The third kappa shape index (κ3) is 3.51. The Hall–Kier alpha value is -1.51. The summed E-state index contributed by atoms with van der Waals surface area (Å²) in [5.41, 5.74) is -1.15. The molecule has 0 saturated carbocycles. The molecule has 1 nitrogen and oxygen atoms in total. The van der Waals surface area contributed by atoms with Crippen LogP contribution in [0.2, 0.25) is 19.6 Å². The van der Waals surface area contributed by atoms with E-state index in [4.69, 9.17) is 0 Å². The quantitative estimate of drug-likeness (QED) is 0.337. The summed E-state index contributed by atoms with van der Waals surface area (Å²) < 4.78 is 176. The maximum absolute atomic E-state index is 14.8. The van der Waals surface area contributed by atoms with Crippen LogP contribution in [0.15, 0.2) is 30.3 Å². The Labute approximate surface area is 167 Å². The summed E-state index contributed by atoms with van der Waals surface area (Å²) in [6, 6.07) is 4.02. The molecule has 1 rings (SSSR count). The second kappa shape index (κ2) is 7.25. The van der Waals surface area contributed by atoms with Crippen molar-refractivity contribution in [1.82, 2.24) is 0 Å². The predicted octanol–water partition coefficient (Wildman–Crippen LogP) is 6.49. The van der Waals surface area contributed by atoms with Crippen molar-refractivity contribution in [2.75, 3.05) is 0 Å². The Bertz CT molecular complexity index is 783. The third-order valence-corrected chi connectivity index (χ3v) is 7.44. The fourth-order valence-electron chi connectivity index (χ4n) is 2.76. The predicted molar refractivity (Wildman–Crippen MR) is 84.5 cm³/mol. The van der Waals surface area contributed by atoms with Gasteiger partial charge in [0.15, 0.2) is 0 Å². The number of rotatable bonds is 7. The van der Waals surface area contributed by atoms with Gasteiger partial charge in [0.2, 0.25) is 0 Å². The van der Waals surface area contributed by atoms with Crippen molar-refractivity contribution in [3.05, 3.63) is 35.9 Å². The van der Waals surface area contributed by atoms with Crippen LogP contribution in [0, 0.1) is 0 Å². The van der Waals surface area contributed by atoms with Gasteiger partial charge in [-0.25, -0.2) is 0 Å². The van der Waals surface area contributed by atoms with Gasteiger partial charge in [-0.15, -0.1) is 0 Å². The molecule has 0 fully saturated rings. The molecule has 1 unspecified atom stereocenters. The first-order chi connectivity index (χ1) is 13.4. The van der Waals surface area contributed by atoms with Crippen LogP contribution in [-0.2, 0) is 5.22 Å². The van der Waals surface area contributed by atoms with Gasteiger partial charge >= 0.3 is 35.8 Å². The Morgan fingerprint density at radius 1 is 0.548 bits per heavy atom. The van der Waals surface area contributed by atoms with Crippen LogP contribution < -0.4 is 0 Å². The molecule has 0 saturated heterocycles. The lowest BCUT2D eigenvalue weighted by atomic mass is 9.88. The van der Waals surface area contributed by atoms with E-state index in [-0.39, 0.29) is 0 Å². The lowest BCUT2D eigenvalue weighted by molar-refractivity contribution is -0.447. The average molecular weight is 498 g/mol. The van der Waals surface area contributed by atoms with Crippen LogP contribution >= 0.6 is 0 Å². The van der Waals surface area contributed by atoms with Gasteiger partial charge < -0.3 is 5.11 Å². The molecule has 0 amide bonds. The van der Waals surface area contributed by atoms with E-state index in [1.54, 1.807) is 0 Å². The molecule has 31 heavy (non-hydrogen) atoms. The number of benzene rings is 1. The lowest BCUT2D eigenvalue weighted by Crippen LogP contribution is -2.76. The van der Waals surface area contributed by atoms with Gasteiger partial charge in [0.1, 0.15) is 5.22 Å². The Morgan fingerprint density at radius 3 is 1.19 bits per heavy atom. The van der Waals surface area contributed by atoms with Gasteiger partial charge in [0, 0.05) is 0 Å². The number of halogens is 13. The number of aliphatic hydroxyl groups is 1. The molecule has 0 aliphatic heterocycles. The molecule has 0 aliphatic rings. The molecule has 1 atom stereocenters. The van der Waals surface area contributed by atoms with Crippen molar-refractivity contribution in [2.24, 2.45) is 0 Å². The second-order valence-corrected chi connectivity index (χ2v) is 12.9. The van der Waals surface area contributed by atoms with Gasteiger partial charge in [-0.05, 0) is 5.56 Å². The van der Waals surface area contributed by atoms with E-state index < -0.39 is 54.7 Å². The van der Waals surface area contributed by atoms with Gasteiger partial charge in [-0.1, -0.05) is 50.0 Å². The second-order valence-electron chi connectivity index (χ2n) is 7.70. The zero-order valence-corrected chi connectivity index (χ0v) is 16.7. The molecule has 1 aromatic carbocycles. The fourth-order valence-corrected chi connectivity index (χ4v) is 4.89. The highest BCUT2D eigenvalue weighted by Crippen LogP contribution is 2.63. The summed E-state index contributed by atoms with van der Waals surface area (Å²) in [5, 5.41) is 6.22. The molecule has 1 aromatic rings. The minimum atomic E-state index is -8.01. The van der Waals surface area contributed by atoms with E-state index in [1.165, 1.54) is 0 Å². The summed E-state index contributed by atoms with van der Waals surface area (Å²) in [6.45, 7) is 2.22. The molecule has 0 heterocycles. The first-order valence-electron chi connectivity index (χ1n) is 8.09. The van der Waals surface area contributed by atoms with E-state index in [1.807, 2.05) is 0 Å². The Morgan fingerprint density at radius 2 is 0.871 bits per heavy atom. The van der Waals surface area contributed by atoms with Crippen molar-refractivity contribution < 1.29 is 62.2 Å². The van der Waals surface area contributed by atoms with Crippen LogP contribution in [0.1, 0.15) is 5.56 Å². The van der Waals surface area contributed by atoms with Crippen molar-refractivity contribution in [3.8, 4) is 0 Å². The molecule has 15 heteroatoms. The largest absolute Gasteiger partial charge is 0.460 e. The molecule has 180 valence electrons. The normalized spacial score (nSPS) is 17.5. The van der Waals surface area contributed by atoms with E-state index in [2.05, 4.69) is 0 Å². The summed E-state index contributed by atoms with van der Waals surface area (Å²) >= 11 is 0. The number of alkyl halides is 13. The standard InChI is InChI=1S/C16H15F13OSi/c1-31(2,3)10(30,9-7-5-4-6-8-9)11(17,18)12(19,20)13(21,22)14(23,24)15(25,26)16(27,28)29/h4-8,30H,1-3H3. The van der Waals surface area contributed by atoms with Gasteiger partial charge in [0.25, 0.3) is 0 Å². The summed E-state index contributed by atoms with van der Waals surface area (Å²) in [5.74, 6) is -38.0. The van der Waals surface area contributed by atoms with Crippen LogP contribution in [0.5, 0.6) is 0 Å². The Kier molecular flexibility index (Phi) is 6.44. The minimum absolute atomic E-state index is 0.558. The van der Waals surface area contributed by atoms with Crippen LogP contribution in [0.3, 0.4) is 0 Å². The maximum atomic E-state index is 14.8. The first-order valence-corrected chi connectivity index (χ1v) is 11.6. The monoisotopic (exact) mass is 498 g/mol. The highest BCUT2D eigenvalue weighted by atomic mass is 28.3. The zero-order valence-electron chi connectivity index (χ0n) is 15.7. The Balaban J connectivity index is 3.87. The molecule has 0 radical (unpaired) electrons. The minimum Gasteiger partial charge on any atom is -0.382 e. The number of hydrogen-bond donors (Lipinski definition) is 1. The number of hydrogen-bond acceptors (Lipinski definition) is 1. The van der Waals surface area contributed by atoms with Crippen molar-refractivity contribution in [1.29, 1.82) is 0 Å². The van der Waals surface area contributed by atoms with Crippen LogP contribution in [0.25, 0.3) is 0 Å². The van der Waals surface area contributed by atoms with Gasteiger partial charge in [-0.2, -0.15) is 57.1 Å². The first kappa shape index (κ1) is 27.5. The maximum Gasteiger partial charge on any atom is 0.460 e. The molecule has 1 N–H and O–H groups in total. The molecule has 0 aliphatic carbocycles. The van der Waals surface area contributed by atoms with Crippen LogP contribution in [0.4, 0.5) is 57.1 Å². The van der Waals surface area contributed by atoms with Crippen molar-refractivity contribution >= 4 is 8.07 Å².